The Kier molecular flexibility index (Phi) is 3.08. The zero-order valence-electron chi connectivity index (χ0n) is 11.9. The third-order valence-electron chi connectivity index (χ3n) is 3.72. The predicted molar refractivity (Wildman–Crippen MR) is 87.4 cm³/mol. The van der Waals surface area contributed by atoms with Crippen LogP contribution in [0, 0.1) is 0 Å². The molecule has 5 heteroatoms. The first-order valence-electron chi connectivity index (χ1n) is 7.15. The maximum Gasteiger partial charge on any atom is 0.155 e. The van der Waals surface area contributed by atoms with Crippen molar-refractivity contribution in [1.82, 2.24) is 20.2 Å². The van der Waals surface area contributed by atoms with Crippen LogP contribution in [-0.4, -0.2) is 20.2 Å². The van der Waals surface area contributed by atoms with Crippen LogP contribution in [0.2, 0.25) is 0 Å². The third kappa shape index (κ3) is 2.33. The number of H-pyrrole nitrogens is 2. The van der Waals surface area contributed by atoms with E-state index in [0.717, 1.165) is 29.1 Å². The number of rotatable bonds is 4. The second-order valence-electron chi connectivity index (χ2n) is 5.12. The van der Waals surface area contributed by atoms with E-state index in [1.807, 2.05) is 18.3 Å². The molecule has 0 unspecified atom stereocenters. The van der Waals surface area contributed by atoms with Gasteiger partial charge < -0.3 is 10.3 Å². The van der Waals surface area contributed by atoms with Crippen molar-refractivity contribution in [3.8, 4) is 11.4 Å². The van der Waals surface area contributed by atoms with Crippen LogP contribution in [0.15, 0.2) is 61.1 Å². The standard InChI is InChI=1S/C17H15N5/c1-3-12(17-20-11-21-22-17)9-14(5-1)19-10-13-4-2-6-16-15(13)7-8-18-16/h1-9,11,18-19H,10H2,(H,20,21,22). The smallest absolute Gasteiger partial charge is 0.155 e. The molecule has 2 aromatic heterocycles. The molecule has 5 nitrogen and oxygen atoms in total. The number of nitrogens with one attached hydrogen (secondary N) is 3. The SMILES string of the molecule is c1cc(NCc2cccc3[nH]ccc23)cc(-c2ncn[nH]2)c1. The number of benzene rings is 2. The van der Waals surface area contributed by atoms with Gasteiger partial charge in [0.15, 0.2) is 5.82 Å². The first-order valence-corrected chi connectivity index (χ1v) is 7.15. The Balaban J connectivity index is 1.57. The highest BCUT2D eigenvalue weighted by molar-refractivity contribution is 5.83. The van der Waals surface area contributed by atoms with Crippen molar-refractivity contribution in [3.05, 3.63) is 66.6 Å². The normalized spacial score (nSPS) is 10.9. The molecule has 108 valence electrons. The van der Waals surface area contributed by atoms with Crippen LogP contribution >= 0.6 is 0 Å². The van der Waals surface area contributed by atoms with E-state index in [1.54, 1.807) is 0 Å². The molecule has 0 aliphatic rings. The molecule has 0 saturated heterocycles. The molecule has 0 saturated carbocycles. The maximum atomic E-state index is 4.18. The minimum absolute atomic E-state index is 0.773. The van der Waals surface area contributed by atoms with E-state index in [0.29, 0.717) is 0 Å². The van der Waals surface area contributed by atoms with Gasteiger partial charge in [-0.3, -0.25) is 5.10 Å². The van der Waals surface area contributed by atoms with E-state index >= 15 is 0 Å². The summed E-state index contributed by atoms with van der Waals surface area (Å²) in [5.74, 6) is 0.774. The minimum Gasteiger partial charge on any atom is -0.381 e. The van der Waals surface area contributed by atoms with E-state index in [4.69, 9.17) is 0 Å². The lowest BCUT2D eigenvalue weighted by Gasteiger charge is -2.09. The van der Waals surface area contributed by atoms with Crippen molar-refractivity contribution in [2.75, 3.05) is 5.32 Å². The van der Waals surface area contributed by atoms with Gasteiger partial charge >= 0.3 is 0 Å². The number of aromatic amines is 2. The molecule has 3 N–H and O–H groups in total. The summed E-state index contributed by atoms with van der Waals surface area (Å²) in [5.41, 5.74) is 4.50. The summed E-state index contributed by atoms with van der Waals surface area (Å²) in [7, 11) is 0. The molecule has 2 heterocycles. The van der Waals surface area contributed by atoms with Gasteiger partial charge in [-0.2, -0.15) is 5.10 Å². The van der Waals surface area contributed by atoms with Gasteiger partial charge in [-0.15, -0.1) is 0 Å². The second-order valence-corrected chi connectivity index (χ2v) is 5.12. The van der Waals surface area contributed by atoms with Crippen LogP contribution in [0.5, 0.6) is 0 Å². The molecule has 0 aliphatic carbocycles. The zero-order valence-corrected chi connectivity index (χ0v) is 11.9. The Bertz CT molecular complexity index is 892. The first-order chi connectivity index (χ1) is 10.9. The summed E-state index contributed by atoms with van der Waals surface area (Å²) in [6.45, 7) is 0.773. The maximum absolute atomic E-state index is 4.18. The molecule has 0 spiro atoms. The average Bonchev–Trinajstić information content (AvgIpc) is 3.24. The monoisotopic (exact) mass is 289 g/mol. The average molecular weight is 289 g/mol. The predicted octanol–water partition coefficient (Wildman–Crippen LogP) is 3.57. The van der Waals surface area contributed by atoms with Crippen LogP contribution in [0.4, 0.5) is 5.69 Å². The molecule has 0 atom stereocenters. The van der Waals surface area contributed by atoms with Crippen molar-refractivity contribution in [2.45, 2.75) is 6.54 Å². The Morgan fingerprint density at radius 1 is 1.05 bits per heavy atom. The van der Waals surface area contributed by atoms with Crippen molar-refractivity contribution in [2.24, 2.45) is 0 Å². The molecule has 22 heavy (non-hydrogen) atoms. The third-order valence-corrected chi connectivity index (χ3v) is 3.72. The molecule has 0 fully saturated rings. The van der Waals surface area contributed by atoms with Gasteiger partial charge in [0.2, 0.25) is 0 Å². The molecular formula is C17H15N5. The molecular weight excluding hydrogens is 274 g/mol. The molecule has 0 aliphatic heterocycles. The highest BCUT2D eigenvalue weighted by atomic mass is 15.2. The van der Waals surface area contributed by atoms with Crippen LogP contribution in [-0.2, 0) is 6.54 Å². The van der Waals surface area contributed by atoms with E-state index in [9.17, 15) is 0 Å². The molecule has 0 radical (unpaired) electrons. The van der Waals surface area contributed by atoms with Gasteiger partial charge in [-0.05, 0) is 29.8 Å². The van der Waals surface area contributed by atoms with Crippen LogP contribution < -0.4 is 5.32 Å². The fourth-order valence-electron chi connectivity index (χ4n) is 2.62. The summed E-state index contributed by atoms with van der Waals surface area (Å²) in [4.78, 5) is 7.42. The Hall–Kier alpha value is -3.08. The number of nitrogens with zero attached hydrogens (tertiary/aromatic N) is 2. The van der Waals surface area contributed by atoms with Gasteiger partial charge in [-0.25, -0.2) is 4.98 Å². The van der Waals surface area contributed by atoms with E-state index in [1.165, 1.54) is 17.3 Å². The molecule has 4 aromatic rings. The Labute approximate surface area is 127 Å². The summed E-state index contributed by atoms with van der Waals surface area (Å²) in [5, 5.41) is 11.5. The Morgan fingerprint density at radius 3 is 2.91 bits per heavy atom. The number of hydrogen-bond donors (Lipinski definition) is 3. The molecule has 4 rings (SSSR count). The quantitative estimate of drug-likeness (QED) is 0.538. The van der Waals surface area contributed by atoms with Crippen molar-refractivity contribution >= 4 is 16.6 Å². The van der Waals surface area contributed by atoms with Gasteiger partial charge in [0.1, 0.15) is 6.33 Å². The second kappa shape index (κ2) is 5.37. The zero-order chi connectivity index (χ0) is 14.8. The highest BCUT2D eigenvalue weighted by Crippen LogP contribution is 2.21. The summed E-state index contributed by atoms with van der Waals surface area (Å²) >= 11 is 0. The Morgan fingerprint density at radius 2 is 2.00 bits per heavy atom. The number of anilines is 1. The van der Waals surface area contributed by atoms with E-state index in [2.05, 4.69) is 61.9 Å². The number of aromatic nitrogens is 4. The van der Waals surface area contributed by atoms with Gasteiger partial charge in [0.05, 0.1) is 0 Å². The number of fused-ring (bicyclic) bond motifs is 1. The highest BCUT2D eigenvalue weighted by Gasteiger charge is 2.04. The lowest BCUT2D eigenvalue weighted by Crippen LogP contribution is -1.99. The van der Waals surface area contributed by atoms with E-state index < -0.39 is 0 Å². The topological polar surface area (TPSA) is 69.4 Å². The number of hydrogen-bond acceptors (Lipinski definition) is 3. The first kappa shape index (κ1) is 12.6. The van der Waals surface area contributed by atoms with Crippen LogP contribution in [0.25, 0.3) is 22.3 Å². The summed E-state index contributed by atoms with van der Waals surface area (Å²) < 4.78 is 0. The van der Waals surface area contributed by atoms with Crippen molar-refractivity contribution < 1.29 is 0 Å². The van der Waals surface area contributed by atoms with Gasteiger partial charge in [-0.1, -0.05) is 24.3 Å². The fourth-order valence-corrected chi connectivity index (χ4v) is 2.62. The fraction of sp³-hybridized carbons (Fsp3) is 0.0588. The van der Waals surface area contributed by atoms with Crippen LogP contribution in [0.3, 0.4) is 0 Å². The van der Waals surface area contributed by atoms with Gasteiger partial charge in [0, 0.05) is 34.9 Å². The van der Waals surface area contributed by atoms with Gasteiger partial charge in [0.25, 0.3) is 0 Å². The molecule has 2 aromatic carbocycles. The van der Waals surface area contributed by atoms with Crippen molar-refractivity contribution in [1.29, 1.82) is 0 Å². The lowest BCUT2D eigenvalue weighted by atomic mass is 10.1. The molecule has 0 bridgehead atoms. The molecule has 0 amide bonds. The summed E-state index contributed by atoms with van der Waals surface area (Å²) in [6.07, 6.45) is 3.49. The minimum atomic E-state index is 0.773. The van der Waals surface area contributed by atoms with E-state index in [-0.39, 0.29) is 0 Å². The largest absolute Gasteiger partial charge is 0.381 e. The van der Waals surface area contributed by atoms with Crippen LogP contribution in [0.1, 0.15) is 5.56 Å². The summed E-state index contributed by atoms with van der Waals surface area (Å²) in [6, 6.07) is 16.6. The van der Waals surface area contributed by atoms with Crippen molar-refractivity contribution in [3.63, 3.8) is 0 Å². The lowest BCUT2D eigenvalue weighted by molar-refractivity contribution is 1.09.